The predicted molar refractivity (Wildman–Crippen MR) is 93.7 cm³/mol. The lowest BCUT2D eigenvalue weighted by molar-refractivity contribution is 0.707. The molecule has 4 nitrogen and oxygen atoms in total. The van der Waals surface area contributed by atoms with Gasteiger partial charge in [-0.2, -0.15) is 11.8 Å². The number of hydrogen-bond donors (Lipinski definition) is 1. The molecule has 1 unspecified atom stereocenters. The van der Waals surface area contributed by atoms with E-state index in [0.29, 0.717) is 5.92 Å². The lowest BCUT2D eigenvalue weighted by Crippen LogP contribution is -2.39. The first-order valence-corrected chi connectivity index (χ1v) is 9.17. The Morgan fingerprint density at radius 2 is 2.19 bits per heavy atom. The third kappa shape index (κ3) is 4.02. The van der Waals surface area contributed by atoms with Gasteiger partial charge in [0.25, 0.3) is 0 Å². The van der Waals surface area contributed by atoms with Gasteiger partial charge in [-0.25, -0.2) is 9.97 Å². The number of rotatable bonds is 6. The Labute approximate surface area is 133 Å². The Balaban J connectivity index is 2.29. The van der Waals surface area contributed by atoms with E-state index in [1.807, 2.05) is 0 Å². The second-order valence-corrected chi connectivity index (χ2v) is 7.30. The quantitative estimate of drug-likeness (QED) is 0.866. The summed E-state index contributed by atoms with van der Waals surface area (Å²) in [5.74, 6) is 3.77. The van der Waals surface area contributed by atoms with E-state index in [0.717, 1.165) is 42.9 Å². The molecule has 1 atom stereocenters. The highest BCUT2D eigenvalue weighted by molar-refractivity contribution is 8.00. The number of thioether (sulfide) groups is 1. The highest BCUT2D eigenvalue weighted by Crippen LogP contribution is 2.33. The summed E-state index contributed by atoms with van der Waals surface area (Å²) in [4.78, 5) is 11.6. The van der Waals surface area contributed by atoms with Crippen LogP contribution in [0.3, 0.4) is 0 Å². The number of anilines is 2. The Morgan fingerprint density at radius 1 is 1.38 bits per heavy atom. The average molecular weight is 308 g/mol. The molecule has 0 saturated carbocycles. The van der Waals surface area contributed by atoms with Crippen LogP contribution in [0, 0.1) is 0 Å². The van der Waals surface area contributed by atoms with Crippen LogP contribution < -0.4 is 10.2 Å². The zero-order chi connectivity index (χ0) is 15.2. The molecular formula is C16H28N4S. The van der Waals surface area contributed by atoms with E-state index in [9.17, 15) is 0 Å². The van der Waals surface area contributed by atoms with E-state index < -0.39 is 0 Å². The largest absolute Gasteiger partial charge is 0.370 e. The van der Waals surface area contributed by atoms with Gasteiger partial charge in [-0.3, -0.25) is 0 Å². The van der Waals surface area contributed by atoms with Crippen LogP contribution in [0.4, 0.5) is 11.6 Å². The molecule has 0 aromatic carbocycles. The minimum absolute atomic E-state index is 0.426. The summed E-state index contributed by atoms with van der Waals surface area (Å²) in [6, 6.07) is 0. The minimum atomic E-state index is 0.426. The lowest BCUT2D eigenvalue weighted by Gasteiger charge is -2.34. The fraction of sp³-hybridized carbons (Fsp3) is 0.750. The highest BCUT2D eigenvalue weighted by Gasteiger charge is 2.24. The third-order valence-corrected chi connectivity index (χ3v) is 5.25. The van der Waals surface area contributed by atoms with Crippen LogP contribution in [0.2, 0.25) is 0 Å². The predicted octanol–water partition coefficient (Wildman–Crippen LogP) is 3.75. The molecule has 2 heterocycles. The highest BCUT2D eigenvalue weighted by atomic mass is 32.2. The van der Waals surface area contributed by atoms with Gasteiger partial charge in [-0.05, 0) is 18.8 Å². The van der Waals surface area contributed by atoms with E-state index in [2.05, 4.69) is 59.6 Å². The van der Waals surface area contributed by atoms with E-state index in [-0.39, 0.29) is 0 Å². The van der Waals surface area contributed by atoms with Crippen molar-refractivity contribution in [3.05, 3.63) is 11.9 Å². The van der Waals surface area contributed by atoms with Gasteiger partial charge < -0.3 is 10.2 Å². The average Bonchev–Trinajstić information content (AvgIpc) is 2.52. The molecule has 118 valence electrons. The molecule has 1 fully saturated rings. The van der Waals surface area contributed by atoms with Crippen LogP contribution in [0.15, 0.2) is 6.33 Å². The van der Waals surface area contributed by atoms with Gasteiger partial charge in [0.15, 0.2) is 0 Å². The topological polar surface area (TPSA) is 41.1 Å². The van der Waals surface area contributed by atoms with Crippen LogP contribution in [-0.4, -0.2) is 40.6 Å². The Hall–Kier alpha value is -0.970. The van der Waals surface area contributed by atoms with Crippen molar-refractivity contribution >= 4 is 23.4 Å². The number of nitrogens with zero attached hydrogens (tertiary/aromatic N) is 3. The monoisotopic (exact) mass is 308 g/mol. The Morgan fingerprint density at radius 3 is 2.86 bits per heavy atom. The first-order valence-electron chi connectivity index (χ1n) is 8.12. The summed E-state index contributed by atoms with van der Waals surface area (Å²) in [5, 5.41) is 4.19. The molecule has 2 rings (SSSR count). The summed E-state index contributed by atoms with van der Waals surface area (Å²) in [6.45, 7) is 12.1. The molecule has 0 radical (unpaired) electrons. The van der Waals surface area contributed by atoms with E-state index in [4.69, 9.17) is 0 Å². The van der Waals surface area contributed by atoms with Gasteiger partial charge in [-0.1, -0.05) is 27.7 Å². The Kier molecular flexibility index (Phi) is 6.15. The molecule has 1 N–H and O–H groups in total. The summed E-state index contributed by atoms with van der Waals surface area (Å²) in [6.07, 6.45) is 4.04. The normalized spacial score (nSPS) is 19.1. The second kappa shape index (κ2) is 7.87. The molecule has 21 heavy (non-hydrogen) atoms. The summed E-state index contributed by atoms with van der Waals surface area (Å²) in [7, 11) is 0. The summed E-state index contributed by atoms with van der Waals surface area (Å²) >= 11 is 2.09. The summed E-state index contributed by atoms with van der Waals surface area (Å²) in [5.41, 5.74) is 1.27. The van der Waals surface area contributed by atoms with Gasteiger partial charge in [0, 0.05) is 36.2 Å². The van der Waals surface area contributed by atoms with Crippen molar-refractivity contribution in [3.8, 4) is 0 Å². The van der Waals surface area contributed by atoms with Gasteiger partial charge in [0.1, 0.15) is 18.0 Å². The first-order chi connectivity index (χ1) is 10.2. The van der Waals surface area contributed by atoms with Gasteiger partial charge in [-0.15, -0.1) is 0 Å². The van der Waals surface area contributed by atoms with Crippen molar-refractivity contribution in [2.45, 2.75) is 51.7 Å². The van der Waals surface area contributed by atoms with Gasteiger partial charge in [0.05, 0.1) is 0 Å². The lowest BCUT2D eigenvalue weighted by atomic mass is 10.0. The molecule has 0 amide bonds. The van der Waals surface area contributed by atoms with Crippen molar-refractivity contribution in [1.29, 1.82) is 0 Å². The van der Waals surface area contributed by atoms with E-state index in [1.165, 1.54) is 17.7 Å². The van der Waals surface area contributed by atoms with Crippen molar-refractivity contribution in [1.82, 2.24) is 9.97 Å². The van der Waals surface area contributed by atoms with Crippen molar-refractivity contribution < 1.29 is 0 Å². The third-order valence-electron chi connectivity index (χ3n) is 3.88. The number of nitrogens with one attached hydrogen (secondary N) is 1. The zero-order valence-electron chi connectivity index (χ0n) is 13.7. The molecule has 0 spiro atoms. The van der Waals surface area contributed by atoms with Crippen molar-refractivity contribution in [3.63, 3.8) is 0 Å². The van der Waals surface area contributed by atoms with Gasteiger partial charge in [0.2, 0.25) is 0 Å². The molecule has 1 aromatic rings. The minimum Gasteiger partial charge on any atom is -0.370 e. The standard InChI is InChI=1S/C16H28N4S/c1-5-7-17-15-14(12(3)4)16(19-11-18-15)20-8-9-21-13(6-2)10-20/h11-13H,5-10H2,1-4H3,(H,17,18,19). The summed E-state index contributed by atoms with van der Waals surface area (Å²) < 4.78 is 0. The van der Waals surface area contributed by atoms with Crippen LogP contribution in [0.5, 0.6) is 0 Å². The van der Waals surface area contributed by atoms with E-state index >= 15 is 0 Å². The molecule has 1 saturated heterocycles. The van der Waals surface area contributed by atoms with Crippen molar-refractivity contribution in [2.24, 2.45) is 0 Å². The first kappa shape index (κ1) is 16.4. The molecule has 0 aliphatic carbocycles. The van der Waals surface area contributed by atoms with Gasteiger partial charge >= 0.3 is 0 Å². The Bertz CT molecular complexity index is 450. The van der Waals surface area contributed by atoms with Crippen molar-refractivity contribution in [2.75, 3.05) is 35.6 Å². The maximum atomic E-state index is 4.63. The molecule has 1 aliphatic heterocycles. The zero-order valence-corrected chi connectivity index (χ0v) is 14.5. The molecular weight excluding hydrogens is 280 g/mol. The second-order valence-electron chi connectivity index (χ2n) is 5.89. The van der Waals surface area contributed by atoms with Crippen LogP contribution in [0.25, 0.3) is 0 Å². The van der Waals surface area contributed by atoms with Crippen LogP contribution >= 0.6 is 11.8 Å². The molecule has 1 aromatic heterocycles. The van der Waals surface area contributed by atoms with Crippen LogP contribution in [-0.2, 0) is 0 Å². The molecule has 0 bridgehead atoms. The number of hydrogen-bond acceptors (Lipinski definition) is 5. The maximum absolute atomic E-state index is 4.63. The maximum Gasteiger partial charge on any atom is 0.137 e. The SMILES string of the molecule is CCCNc1ncnc(N2CCSC(CC)C2)c1C(C)C. The fourth-order valence-corrected chi connectivity index (χ4v) is 3.89. The van der Waals surface area contributed by atoms with Crippen LogP contribution in [0.1, 0.15) is 52.0 Å². The van der Waals surface area contributed by atoms with E-state index in [1.54, 1.807) is 6.33 Å². The number of aromatic nitrogens is 2. The molecule has 5 heteroatoms. The fourth-order valence-electron chi connectivity index (χ4n) is 2.71. The molecule has 1 aliphatic rings. The smallest absolute Gasteiger partial charge is 0.137 e.